The molecule has 3 heteroatoms. The number of carbonyl (C=O) groups excluding carboxylic acids is 1. The molecule has 0 N–H and O–H groups in total. The lowest BCUT2D eigenvalue weighted by atomic mass is 10.00. The van der Waals surface area contributed by atoms with Crippen LogP contribution >= 0.6 is 23.2 Å². The molecule has 0 saturated heterocycles. The van der Waals surface area contributed by atoms with Gasteiger partial charge in [-0.3, -0.25) is 4.79 Å². The molecule has 0 aliphatic heterocycles. The molecular formula is C15H8Cl2O. The van der Waals surface area contributed by atoms with Crippen molar-refractivity contribution >= 4 is 51.0 Å². The van der Waals surface area contributed by atoms with Crippen LogP contribution in [-0.2, 0) is 0 Å². The quantitative estimate of drug-likeness (QED) is 0.445. The van der Waals surface area contributed by atoms with E-state index in [-0.39, 0.29) is 0 Å². The minimum atomic E-state index is 0.516. The Morgan fingerprint density at radius 2 is 1.67 bits per heavy atom. The number of rotatable bonds is 1. The van der Waals surface area contributed by atoms with E-state index in [9.17, 15) is 4.79 Å². The van der Waals surface area contributed by atoms with Gasteiger partial charge in [0.05, 0.1) is 5.02 Å². The molecule has 0 radical (unpaired) electrons. The molecule has 0 bridgehead atoms. The second-order valence-corrected chi connectivity index (χ2v) is 4.93. The van der Waals surface area contributed by atoms with Gasteiger partial charge in [0.2, 0.25) is 0 Å². The summed E-state index contributed by atoms with van der Waals surface area (Å²) in [4.78, 5) is 11.1. The van der Waals surface area contributed by atoms with Crippen LogP contribution in [0.25, 0.3) is 21.5 Å². The molecule has 1 nitrogen and oxygen atoms in total. The van der Waals surface area contributed by atoms with Crippen molar-refractivity contribution in [3.8, 4) is 0 Å². The van der Waals surface area contributed by atoms with Crippen LogP contribution in [0.3, 0.4) is 0 Å². The Labute approximate surface area is 114 Å². The Bertz CT molecular complexity index is 778. The third kappa shape index (κ3) is 1.67. The molecule has 0 unspecified atom stereocenters. The van der Waals surface area contributed by atoms with Crippen molar-refractivity contribution in [2.75, 3.05) is 0 Å². The minimum absolute atomic E-state index is 0.516. The predicted molar refractivity (Wildman–Crippen MR) is 76.9 cm³/mol. The predicted octanol–water partition coefficient (Wildman–Crippen LogP) is 5.11. The van der Waals surface area contributed by atoms with Gasteiger partial charge in [0.15, 0.2) is 6.29 Å². The first kappa shape index (κ1) is 11.5. The lowest BCUT2D eigenvalue weighted by Gasteiger charge is -2.08. The number of hydrogen-bond donors (Lipinski definition) is 0. The van der Waals surface area contributed by atoms with Crippen LogP contribution in [0, 0.1) is 0 Å². The van der Waals surface area contributed by atoms with Crippen LogP contribution in [0.2, 0.25) is 10.0 Å². The normalized spacial score (nSPS) is 11.0. The molecule has 0 amide bonds. The van der Waals surface area contributed by atoms with Gasteiger partial charge in [-0.2, -0.15) is 0 Å². The zero-order chi connectivity index (χ0) is 12.7. The number of hydrogen-bond acceptors (Lipinski definition) is 1. The van der Waals surface area contributed by atoms with E-state index in [1.165, 1.54) is 0 Å². The first-order chi connectivity index (χ1) is 8.70. The molecule has 0 atom stereocenters. The zero-order valence-electron chi connectivity index (χ0n) is 9.28. The van der Waals surface area contributed by atoms with Crippen LogP contribution in [-0.4, -0.2) is 6.29 Å². The van der Waals surface area contributed by atoms with Crippen molar-refractivity contribution in [1.82, 2.24) is 0 Å². The minimum Gasteiger partial charge on any atom is -0.298 e. The van der Waals surface area contributed by atoms with Gasteiger partial charge in [-0.05, 0) is 29.0 Å². The fourth-order valence-corrected chi connectivity index (χ4v) is 2.76. The van der Waals surface area contributed by atoms with Gasteiger partial charge < -0.3 is 0 Å². The maximum atomic E-state index is 11.1. The molecule has 3 aromatic carbocycles. The molecule has 3 rings (SSSR count). The van der Waals surface area contributed by atoms with E-state index < -0.39 is 0 Å². The summed E-state index contributed by atoms with van der Waals surface area (Å²) in [5.41, 5.74) is 0.560. The summed E-state index contributed by atoms with van der Waals surface area (Å²) in [5.74, 6) is 0. The molecule has 0 aliphatic carbocycles. The smallest absolute Gasteiger partial charge is 0.150 e. The molecule has 88 valence electrons. The summed E-state index contributed by atoms with van der Waals surface area (Å²) in [6, 6.07) is 13.2. The van der Waals surface area contributed by atoms with Crippen molar-refractivity contribution in [3.63, 3.8) is 0 Å². The molecule has 0 fully saturated rings. The monoisotopic (exact) mass is 274 g/mol. The summed E-state index contributed by atoms with van der Waals surface area (Å²) < 4.78 is 0. The molecule has 0 heterocycles. The lowest BCUT2D eigenvalue weighted by Crippen LogP contribution is -1.86. The Balaban J connectivity index is 2.59. The van der Waals surface area contributed by atoms with Gasteiger partial charge in [0, 0.05) is 21.4 Å². The van der Waals surface area contributed by atoms with Gasteiger partial charge in [0.25, 0.3) is 0 Å². The Kier molecular flexibility index (Phi) is 2.73. The molecule has 0 aliphatic rings. The average molecular weight is 275 g/mol. The third-order valence-electron chi connectivity index (χ3n) is 3.04. The summed E-state index contributed by atoms with van der Waals surface area (Å²) in [6.07, 6.45) is 0.805. The second kappa shape index (κ2) is 4.27. The molecular weight excluding hydrogens is 267 g/mol. The van der Waals surface area contributed by atoms with Gasteiger partial charge in [-0.25, -0.2) is 0 Å². The average Bonchev–Trinajstić information content (AvgIpc) is 2.39. The highest BCUT2D eigenvalue weighted by molar-refractivity contribution is 6.42. The largest absolute Gasteiger partial charge is 0.298 e. The SMILES string of the molecule is O=Cc1cc(Cl)cc2c(Cl)c3ccccc3cc12. The Morgan fingerprint density at radius 3 is 2.44 bits per heavy atom. The van der Waals surface area contributed by atoms with Gasteiger partial charge in [-0.15, -0.1) is 0 Å². The van der Waals surface area contributed by atoms with Crippen LogP contribution in [0.1, 0.15) is 10.4 Å². The fraction of sp³-hybridized carbons (Fsp3) is 0. The molecule has 18 heavy (non-hydrogen) atoms. The number of halogens is 2. The maximum Gasteiger partial charge on any atom is 0.150 e. The Hall–Kier alpha value is -1.57. The summed E-state index contributed by atoms with van der Waals surface area (Å²) >= 11 is 12.4. The Morgan fingerprint density at radius 1 is 0.889 bits per heavy atom. The van der Waals surface area contributed by atoms with Crippen LogP contribution in [0.15, 0.2) is 42.5 Å². The van der Waals surface area contributed by atoms with E-state index in [1.807, 2.05) is 30.3 Å². The second-order valence-electron chi connectivity index (χ2n) is 4.12. The van der Waals surface area contributed by atoms with Crippen molar-refractivity contribution in [2.24, 2.45) is 0 Å². The first-order valence-electron chi connectivity index (χ1n) is 5.46. The zero-order valence-corrected chi connectivity index (χ0v) is 10.8. The van der Waals surface area contributed by atoms with Crippen LogP contribution < -0.4 is 0 Å². The van der Waals surface area contributed by atoms with E-state index in [2.05, 4.69) is 0 Å². The maximum absolute atomic E-state index is 11.1. The van der Waals surface area contributed by atoms with E-state index in [1.54, 1.807) is 12.1 Å². The van der Waals surface area contributed by atoms with Crippen LogP contribution in [0.4, 0.5) is 0 Å². The highest BCUT2D eigenvalue weighted by Gasteiger charge is 2.09. The molecule has 0 saturated carbocycles. The molecule has 3 aromatic rings. The highest BCUT2D eigenvalue weighted by Crippen LogP contribution is 2.35. The number of fused-ring (bicyclic) bond motifs is 2. The number of carbonyl (C=O) groups is 1. The lowest BCUT2D eigenvalue weighted by molar-refractivity contribution is 0.112. The third-order valence-corrected chi connectivity index (χ3v) is 3.66. The van der Waals surface area contributed by atoms with Gasteiger partial charge in [-0.1, -0.05) is 47.5 Å². The van der Waals surface area contributed by atoms with E-state index in [0.717, 1.165) is 27.8 Å². The topological polar surface area (TPSA) is 17.1 Å². The van der Waals surface area contributed by atoms with E-state index in [4.69, 9.17) is 23.2 Å². The number of aldehydes is 1. The fourth-order valence-electron chi connectivity index (χ4n) is 2.20. The van der Waals surface area contributed by atoms with Gasteiger partial charge in [0.1, 0.15) is 0 Å². The summed E-state index contributed by atoms with van der Waals surface area (Å²) in [7, 11) is 0. The highest BCUT2D eigenvalue weighted by atomic mass is 35.5. The van der Waals surface area contributed by atoms with Crippen LogP contribution in [0.5, 0.6) is 0 Å². The van der Waals surface area contributed by atoms with Crippen molar-refractivity contribution < 1.29 is 4.79 Å². The van der Waals surface area contributed by atoms with E-state index >= 15 is 0 Å². The summed E-state index contributed by atoms with van der Waals surface area (Å²) in [6.45, 7) is 0. The van der Waals surface area contributed by atoms with Gasteiger partial charge >= 0.3 is 0 Å². The van der Waals surface area contributed by atoms with Crippen molar-refractivity contribution in [2.45, 2.75) is 0 Å². The van der Waals surface area contributed by atoms with E-state index in [0.29, 0.717) is 15.6 Å². The first-order valence-corrected chi connectivity index (χ1v) is 6.22. The summed E-state index contributed by atoms with van der Waals surface area (Å²) in [5, 5.41) is 4.77. The van der Waals surface area contributed by atoms with Crippen molar-refractivity contribution in [3.05, 3.63) is 58.1 Å². The van der Waals surface area contributed by atoms with Crippen molar-refractivity contribution in [1.29, 1.82) is 0 Å². The standard InChI is InChI=1S/C15H8Cl2O/c16-11-5-10(8-18)13-6-9-3-1-2-4-12(9)15(17)14(13)7-11/h1-8H. The molecule has 0 aromatic heterocycles. The molecule has 0 spiro atoms. The number of benzene rings is 3.